The molecule has 11 heteroatoms. The van der Waals surface area contributed by atoms with Crippen molar-refractivity contribution in [3.05, 3.63) is 101 Å². The molecule has 58 heavy (non-hydrogen) atoms. The lowest BCUT2D eigenvalue weighted by Crippen LogP contribution is -2.48. The lowest BCUT2D eigenvalue weighted by Gasteiger charge is -2.30. The highest BCUT2D eigenvalue weighted by molar-refractivity contribution is 9.10. The fourth-order valence-corrected chi connectivity index (χ4v) is 6.44. The lowest BCUT2D eigenvalue weighted by molar-refractivity contribution is 0.0229. The molecule has 2 fully saturated rings. The Balaban J connectivity index is 0.000000217. The van der Waals surface area contributed by atoms with Crippen molar-refractivity contribution in [1.29, 1.82) is 0 Å². The first-order valence-electron chi connectivity index (χ1n) is 21.0. The molecular formula is C47H70BrN7O3. The second-order valence-electron chi connectivity index (χ2n) is 15.8. The number of aryl methyl sites for hydroxylation is 2. The molecular weight excluding hydrogens is 790 g/mol. The summed E-state index contributed by atoms with van der Waals surface area (Å²) in [5, 5.41) is 6.54. The number of anilines is 2. The van der Waals surface area contributed by atoms with E-state index in [1.165, 1.54) is 60.0 Å². The van der Waals surface area contributed by atoms with Gasteiger partial charge in [-0.05, 0) is 97.9 Å². The minimum atomic E-state index is -0.387. The maximum absolute atomic E-state index is 11.5. The molecule has 2 aliphatic heterocycles. The van der Waals surface area contributed by atoms with Gasteiger partial charge in [0.1, 0.15) is 21.8 Å². The molecule has 0 saturated carbocycles. The smallest absolute Gasteiger partial charge is 0.410 e. The summed E-state index contributed by atoms with van der Waals surface area (Å²) >= 11 is 3.23. The number of unbranched alkanes of at least 4 members (excludes halogenated alkanes) is 5. The normalized spacial score (nSPS) is 13.7. The van der Waals surface area contributed by atoms with E-state index in [0.29, 0.717) is 0 Å². The fourth-order valence-electron chi connectivity index (χ4n) is 6.20. The zero-order chi connectivity index (χ0) is 42.2. The average Bonchev–Trinajstić information content (AvgIpc) is 3.23. The van der Waals surface area contributed by atoms with Crippen molar-refractivity contribution in [2.75, 3.05) is 82.9 Å². The number of nitrogens with zero attached hydrogens (tertiary/aromatic N) is 5. The van der Waals surface area contributed by atoms with Crippen LogP contribution in [0.5, 0.6) is 5.75 Å². The Hall–Kier alpha value is -4.19. The summed E-state index contributed by atoms with van der Waals surface area (Å²) in [6.45, 7) is 20.2. The summed E-state index contributed by atoms with van der Waals surface area (Å²) in [6.07, 6.45) is 11.2. The lowest BCUT2D eigenvalue weighted by atomic mass is 9.99. The molecule has 318 valence electrons. The third-order valence-corrected chi connectivity index (χ3v) is 9.86. The van der Waals surface area contributed by atoms with Gasteiger partial charge < -0.3 is 34.8 Å². The molecule has 0 spiro atoms. The van der Waals surface area contributed by atoms with E-state index in [9.17, 15) is 4.79 Å². The summed E-state index contributed by atoms with van der Waals surface area (Å²) in [7, 11) is 4.16. The van der Waals surface area contributed by atoms with Crippen molar-refractivity contribution in [2.24, 2.45) is 0 Å². The predicted octanol–water partition coefficient (Wildman–Crippen LogP) is 9.94. The standard InChI is InChI=1S/C17H29N3O.C15H17N.C9H18N2O2.C6H6BrN/c1-2-3-4-5-6-7-14-21-16-8-9-17(19-15-16)20-12-10-18-11-13-20;1-12-8-4-5-9-13(12)14-10-6-7-11-15(14)16(2)3;1-9(2,3)13-8(12)11-6-4-10-5-7-11;1-5-2-3-6(7)8-4-5/h8-9,15,18H,2-7,10-14H2,1H3;4-11H,1-3H3;10H,4-7H2,1-3H3;2-4H,1H3. The van der Waals surface area contributed by atoms with Crippen LogP contribution in [0.4, 0.5) is 16.3 Å². The largest absolute Gasteiger partial charge is 0.492 e. The van der Waals surface area contributed by atoms with E-state index in [2.05, 4.69) is 129 Å². The molecule has 4 aromatic rings. The van der Waals surface area contributed by atoms with Gasteiger partial charge in [0.05, 0.1) is 12.8 Å². The molecule has 2 aromatic carbocycles. The Labute approximate surface area is 358 Å². The third-order valence-electron chi connectivity index (χ3n) is 9.39. The second kappa shape index (κ2) is 26.7. The number of pyridine rings is 2. The number of carbonyl (C=O) groups is 1. The Morgan fingerprint density at radius 2 is 1.38 bits per heavy atom. The Bertz CT molecular complexity index is 1680. The summed E-state index contributed by atoms with van der Waals surface area (Å²) in [6, 6.07) is 25.1. The van der Waals surface area contributed by atoms with E-state index >= 15 is 0 Å². The molecule has 2 aliphatic rings. The van der Waals surface area contributed by atoms with Crippen molar-refractivity contribution < 1.29 is 14.3 Å². The highest BCUT2D eigenvalue weighted by Crippen LogP contribution is 2.31. The number of hydrogen-bond donors (Lipinski definition) is 2. The van der Waals surface area contributed by atoms with Crippen LogP contribution in [-0.4, -0.2) is 99.6 Å². The second-order valence-corrected chi connectivity index (χ2v) is 16.6. The molecule has 2 saturated heterocycles. The Kier molecular flexibility index (Phi) is 22.2. The van der Waals surface area contributed by atoms with Gasteiger partial charge in [0, 0.05) is 83.9 Å². The summed E-state index contributed by atoms with van der Waals surface area (Å²) < 4.78 is 11.9. The third kappa shape index (κ3) is 19.0. The molecule has 0 bridgehead atoms. The van der Waals surface area contributed by atoms with E-state index in [-0.39, 0.29) is 11.7 Å². The van der Waals surface area contributed by atoms with Crippen molar-refractivity contribution in [3.8, 4) is 16.9 Å². The number of rotatable bonds is 11. The van der Waals surface area contributed by atoms with Gasteiger partial charge >= 0.3 is 6.09 Å². The monoisotopic (exact) mass is 859 g/mol. The summed E-state index contributed by atoms with van der Waals surface area (Å²) in [5.41, 5.74) is 5.99. The number of benzene rings is 2. The first kappa shape index (κ1) is 48.2. The maximum Gasteiger partial charge on any atom is 0.410 e. The van der Waals surface area contributed by atoms with E-state index in [0.717, 1.165) is 81.6 Å². The zero-order valence-corrected chi connectivity index (χ0v) is 38.1. The number of nitrogens with one attached hydrogen (secondary N) is 2. The van der Waals surface area contributed by atoms with Gasteiger partial charge in [-0.3, -0.25) is 0 Å². The molecule has 1 amide bonds. The van der Waals surface area contributed by atoms with Crippen LogP contribution < -0.4 is 25.2 Å². The first-order valence-corrected chi connectivity index (χ1v) is 21.8. The van der Waals surface area contributed by atoms with Crippen LogP contribution in [0.25, 0.3) is 11.1 Å². The molecule has 0 atom stereocenters. The minimum Gasteiger partial charge on any atom is -0.492 e. The van der Waals surface area contributed by atoms with Crippen LogP contribution in [0.15, 0.2) is 89.8 Å². The maximum atomic E-state index is 11.5. The number of hydrogen-bond acceptors (Lipinski definition) is 9. The van der Waals surface area contributed by atoms with Gasteiger partial charge in [-0.1, -0.05) is 87.6 Å². The molecule has 0 aliphatic carbocycles. The molecule has 2 N–H and O–H groups in total. The number of ether oxygens (including phenoxy) is 2. The fraction of sp³-hybridized carbons (Fsp3) is 0.511. The van der Waals surface area contributed by atoms with Crippen molar-refractivity contribution in [1.82, 2.24) is 25.5 Å². The van der Waals surface area contributed by atoms with Crippen LogP contribution in [0.1, 0.15) is 77.3 Å². The molecule has 4 heterocycles. The van der Waals surface area contributed by atoms with E-state index < -0.39 is 0 Å². The van der Waals surface area contributed by atoms with Gasteiger partial charge in [-0.25, -0.2) is 14.8 Å². The number of aromatic nitrogens is 2. The Morgan fingerprint density at radius 1 is 0.759 bits per heavy atom. The van der Waals surface area contributed by atoms with Gasteiger partial charge in [-0.15, -0.1) is 0 Å². The van der Waals surface area contributed by atoms with Crippen molar-refractivity contribution in [2.45, 2.75) is 85.7 Å². The zero-order valence-electron chi connectivity index (χ0n) is 36.5. The summed E-state index contributed by atoms with van der Waals surface area (Å²) in [5.74, 6) is 1.95. The average molecular weight is 861 g/mol. The number of amides is 1. The number of piperazine rings is 2. The Morgan fingerprint density at radius 3 is 1.95 bits per heavy atom. The van der Waals surface area contributed by atoms with Gasteiger partial charge in [0.25, 0.3) is 0 Å². The quantitative estimate of drug-likeness (QED) is 0.113. The van der Waals surface area contributed by atoms with Crippen molar-refractivity contribution in [3.63, 3.8) is 0 Å². The molecule has 2 aromatic heterocycles. The van der Waals surface area contributed by atoms with Gasteiger partial charge in [-0.2, -0.15) is 0 Å². The van der Waals surface area contributed by atoms with E-state index in [1.54, 1.807) is 4.90 Å². The van der Waals surface area contributed by atoms with E-state index in [4.69, 9.17) is 9.47 Å². The SMILES string of the molecule is CC(C)(C)OC(=O)N1CCNCC1.CCCCCCCCOc1ccc(N2CCNCC2)nc1.Cc1ccc(Br)nc1.Cc1ccccc1-c1ccccc1N(C)C. The minimum absolute atomic E-state index is 0.200. The number of carbonyl (C=O) groups excluding carboxylic acids is 1. The summed E-state index contributed by atoms with van der Waals surface area (Å²) in [4.78, 5) is 26.2. The van der Waals surface area contributed by atoms with Crippen LogP contribution in [-0.2, 0) is 4.74 Å². The molecule has 0 radical (unpaired) electrons. The highest BCUT2D eigenvalue weighted by Gasteiger charge is 2.23. The number of halogens is 1. The van der Waals surface area contributed by atoms with Gasteiger partial charge in [0.2, 0.25) is 0 Å². The first-order chi connectivity index (χ1) is 27.9. The molecule has 10 nitrogen and oxygen atoms in total. The molecule has 6 rings (SSSR count). The van der Waals surface area contributed by atoms with Crippen molar-refractivity contribution >= 4 is 33.5 Å². The molecule has 0 unspecified atom stereocenters. The van der Waals surface area contributed by atoms with Gasteiger partial charge in [0.15, 0.2) is 0 Å². The number of para-hydroxylation sites is 1. The predicted molar refractivity (Wildman–Crippen MR) is 246 cm³/mol. The van der Waals surface area contributed by atoms with Crippen LogP contribution in [0, 0.1) is 13.8 Å². The topological polar surface area (TPSA) is 95.1 Å². The van der Waals surface area contributed by atoms with E-state index in [1.807, 2.05) is 58.3 Å². The van der Waals surface area contributed by atoms with Crippen LogP contribution in [0.3, 0.4) is 0 Å². The van der Waals surface area contributed by atoms with Crippen LogP contribution in [0.2, 0.25) is 0 Å². The van der Waals surface area contributed by atoms with Crippen LogP contribution >= 0.6 is 15.9 Å². The highest BCUT2D eigenvalue weighted by atomic mass is 79.9.